The minimum absolute atomic E-state index is 0.0102. The van der Waals surface area contributed by atoms with E-state index < -0.39 is 0 Å². The fourth-order valence-electron chi connectivity index (χ4n) is 4.21. The van der Waals surface area contributed by atoms with Crippen molar-refractivity contribution in [3.05, 3.63) is 65.2 Å². The molecule has 2 fully saturated rings. The summed E-state index contributed by atoms with van der Waals surface area (Å²) >= 11 is 6.05. The molecule has 0 aromatic heterocycles. The summed E-state index contributed by atoms with van der Waals surface area (Å²) in [6.07, 6.45) is 0.216. The van der Waals surface area contributed by atoms with Gasteiger partial charge in [-0.1, -0.05) is 48.0 Å². The largest absolute Gasteiger partial charge is 0.351 e. The highest BCUT2D eigenvalue weighted by Crippen LogP contribution is 2.28. The lowest BCUT2D eigenvalue weighted by atomic mass is 10.1. The number of carbonyl (C=O) groups excluding carboxylic acids is 3. The molecular formula is C24H27ClN4O3. The molecule has 1 unspecified atom stereocenters. The van der Waals surface area contributed by atoms with E-state index in [4.69, 9.17) is 11.6 Å². The van der Waals surface area contributed by atoms with Crippen molar-refractivity contribution in [3.63, 3.8) is 0 Å². The zero-order valence-electron chi connectivity index (χ0n) is 17.9. The Morgan fingerprint density at radius 1 is 1.00 bits per heavy atom. The smallest absolute Gasteiger partial charge is 0.234 e. The maximum atomic E-state index is 13.0. The summed E-state index contributed by atoms with van der Waals surface area (Å²) < 4.78 is 0. The molecule has 2 aromatic carbocycles. The number of nitrogens with zero attached hydrogens (tertiary/aromatic N) is 3. The average Bonchev–Trinajstić information content (AvgIpc) is 3.20. The van der Waals surface area contributed by atoms with Crippen LogP contribution in [-0.4, -0.2) is 66.8 Å². The third-order valence-electron chi connectivity index (χ3n) is 5.98. The zero-order valence-corrected chi connectivity index (χ0v) is 18.6. The maximum Gasteiger partial charge on any atom is 0.234 e. The van der Waals surface area contributed by atoms with Crippen molar-refractivity contribution in [2.75, 3.05) is 44.2 Å². The van der Waals surface area contributed by atoms with Crippen LogP contribution in [0.15, 0.2) is 54.6 Å². The first kappa shape index (κ1) is 22.3. The van der Waals surface area contributed by atoms with Crippen LogP contribution in [0.3, 0.4) is 0 Å². The Hall–Kier alpha value is -2.90. The number of hydrogen-bond acceptors (Lipinski definition) is 4. The van der Waals surface area contributed by atoms with Crippen molar-refractivity contribution in [1.82, 2.24) is 15.1 Å². The number of hydrogen-bond donors (Lipinski definition) is 1. The summed E-state index contributed by atoms with van der Waals surface area (Å²) in [5.74, 6) is -0.412. The molecule has 32 heavy (non-hydrogen) atoms. The lowest BCUT2D eigenvalue weighted by Gasteiger charge is -2.35. The molecule has 2 aliphatic heterocycles. The van der Waals surface area contributed by atoms with Crippen LogP contribution in [0.5, 0.6) is 0 Å². The predicted molar refractivity (Wildman–Crippen MR) is 123 cm³/mol. The number of anilines is 1. The molecule has 2 heterocycles. The molecule has 8 heteroatoms. The van der Waals surface area contributed by atoms with Crippen molar-refractivity contribution in [2.45, 2.75) is 13.0 Å². The van der Waals surface area contributed by atoms with Gasteiger partial charge in [0.25, 0.3) is 0 Å². The Bertz CT molecular complexity index is 976. The van der Waals surface area contributed by atoms with Gasteiger partial charge in [-0.3, -0.25) is 19.3 Å². The fourth-order valence-corrected chi connectivity index (χ4v) is 4.39. The molecule has 2 aliphatic rings. The molecule has 2 aromatic rings. The molecule has 0 bridgehead atoms. The summed E-state index contributed by atoms with van der Waals surface area (Å²) in [6.45, 7) is 3.61. The molecule has 168 valence electrons. The molecule has 4 rings (SSSR count). The summed E-state index contributed by atoms with van der Waals surface area (Å²) in [7, 11) is 0. The van der Waals surface area contributed by atoms with Crippen LogP contribution in [-0.2, 0) is 20.9 Å². The minimum atomic E-state index is -0.345. The molecule has 7 nitrogen and oxygen atoms in total. The summed E-state index contributed by atoms with van der Waals surface area (Å²) in [5, 5.41) is 3.50. The van der Waals surface area contributed by atoms with E-state index >= 15 is 0 Å². The number of amides is 3. The molecule has 0 saturated carbocycles. The van der Waals surface area contributed by atoms with Crippen LogP contribution in [0.4, 0.5) is 5.69 Å². The summed E-state index contributed by atoms with van der Waals surface area (Å²) in [5.41, 5.74) is 1.79. The quantitative estimate of drug-likeness (QED) is 0.726. The second-order valence-corrected chi connectivity index (χ2v) is 8.69. The number of piperazine rings is 1. The SMILES string of the molecule is O=C(CN1CCN(C(=O)C2CC(=O)N(c3cccc(Cl)c3)C2)CC1)NCc1ccccc1. The van der Waals surface area contributed by atoms with Crippen LogP contribution in [0, 0.1) is 5.92 Å². The minimum Gasteiger partial charge on any atom is -0.351 e. The van der Waals surface area contributed by atoms with Crippen LogP contribution < -0.4 is 10.2 Å². The highest BCUT2D eigenvalue weighted by Gasteiger charge is 2.38. The molecular weight excluding hydrogens is 428 g/mol. The normalized spacial score (nSPS) is 19.3. The predicted octanol–water partition coefficient (Wildman–Crippen LogP) is 2.15. The van der Waals surface area contributed by atoms with Gasteiger partial charge in [0.05, 0.1) is 12.5 Å². The molecule has 1 atom stereocenters. The van der Waals surface area contributed by atoms with Crippen molar-refractivity contribution in [1.29, 1.82) is 0 Å². The van der Waals surface area contributed by atoms with Gasteiger partial charge in [-0.2, -0.15) is 0 Å². The monoisotopic (exact) mass is 454 g/mol. The highest BCUT2D eigenvalue weighted by molar-refractivity contribution is 6.31. The van der Waals surface area contributed by atoms with Crippen LogP contribution in [0.2, 0.25) is 5.02 Å². The molecule has 0 aliphatic carbocycles. The van der Waals surface area contributed by atoms with Gasteiger partial charge in [-0.15, -0.1) is 0 Å². The first-order valence-electron chi connectivity index (χ1n) is 10.9. The maximum absolute atomic E-state index is 13.0. The number of carbonyl (C=O) groups is 3. The van der Waals surface area contributed by atoms with Gasteiger partial charge in [0.15, 0.2) is 0 Å². The Balaban J connectivity index is 1.23. The highest BCUT2D eigenvalue weighted by atomic mass is 35.5. The van der Waals surface area contributed by atoms with Crippen LogP contribution in [0.25, 0.3) is 0 Å². The van der Waals surface area contributed by atoms with Gasteiger partial charge in [-0.05, 0) is 23.8 Å². The van der Waals surface area contributed by atoms with E-state index in [9.17, 15) is 14.4 Å². The van der Waals surface area contributed by atoms with Crippen molar-refractivity contribution in [2.24, 2.45) is 5.92 Å². The lowest BCUT2D eigenvalue weighted by Crippen LogP contribution is -2.52. The van der Waals surface area contributed by atoms with E-state index in [0.29, 0.717) is 50.8 Å². The van der Waals surface area contributed by atoms with Crippen molar-refractivity contribution < 1.29 is 14.4 Å². The summed E-state index contributed by atoms with van der Waals surface area (Å²) in [6, 6.07) is 16.9. The molecule has 3 amide bonds. The van der Waals surface area contributed by atoms with Crippen molar-refractivity contribution in [3.8, 4) is 0 Å². The lowest BCUT2D eigenvalue weighted by molar-refractivity contribution is -0.137. The van der Waals surface area contributed by atoms with Crippen molar-refractivity contribution >= 4 is 35.0 Å². The molecule has 2 saturated heterocycles. The third kappa shape index (κ3) is 5.47. The van der Waals surface area contributed by atoms with Crippen LogP contribution >= 0.6 is 11.6 Å². The van der Waals surface area contributed by atoms with Gasteiger partial charge >= 0.3 is 0 Å². The first-order chi connectivity index (χ1) is 15.5. The Morgan fingerprint density at radius 3 is 2.47 bits per heavy atom. The number of nitrogens with one attached hydrogen (secondary N) is 1. The summed E-state index contributed by atoms with van der Waals surface area (Å²) in [4.78, 5) is 43.3. The molecule has 0 spiro atoms. The topological polar surface area (TPSA) is 73.0 Å². The third-order valence-corrected chi connectivity index (χ3v) is 6.21. The fraction of sp³-hybridized carbons (Fsp3) is 0.375. The second-order valence-electron chi connectivity index (χ2n) is 8.25. The van der Waals surface area contributed by atoms with E-state index in [1.54, 1.807) is 23.1 Å². The van der Waals surface area contributed by atoms with E-state index in [2.05, 4.69) is 10.2 Å². The first-order valence-corrected chi connectivity index (χ1v) is 11.2. The number of halogens is 1. The van der Waals surface area contributed by atoms with Crippen LogP contribution in [0.1, 0.15) is 12.0 Å². The average molecular weight is 455 g/mol. The molecule has 1 N–H and O–H groups in total. The van der Waals surface area contributed by atoms with Gasteiger partial charge in [0.2, 0.25) is 17.7 Å². The van der Waals surface area contributed by atoms with E-state index in [1.807, 2.05) is 41.3 Å². The Morgan fingerprint density at radius 2 is 1.75 bits per heavy atom. The van der Waals surface area contributed by atoms with Gasteiger partial charge < -0.3 is 15.1 Å². The zero-order chi connectivity index (χ0) is 22.5. The van der Waals surface area contributed by atoms with E-state index in [1.165, 1.54) is 0 Å². The second kappa shape index (κ2) is 10.1. The van der Waals surface area contributed by atoms with Gasteiger partial charge in [0, 0.05) is 56.4 Å². The van der Waals surface area contributed by atoms with E-state index in [0.717, 1.165) is 11.3 Å². The van der Waals surface area contributed by atoms with Gasteiger partial charge in [0.1, 0.15) is 0 Å². The molecule has 0 radical (unpaired) electrons. The van der Waals surface area contributed by atoms with Gasteiger partial charge in [-0.25, -0.2) is 0 Å². The number of rotatable bonds is 6. The number of benzene rings is 2. The Kier molecular flexibility index (Phi) is 7.07. The Labute approximate surface area is 192 Å². The van der Waals surface area contributed by atoms with E-state index in [-0.39, 0.29) is 30.1 Å². The standard InChI is InChI=1S/C24H27ClN4O3/c25-20-7-4-8-21(14-20)29-16-19(13-23(29)31)24(32)28-11-9-27(10-12-28)17-22(30)26-15-18-5-2-1-3-6-18/h1-8,14,19H,9-13,15-17H2,(H,26,30).